The third-order valence-electron chi connectivity index (χ3n) is 5.86. The van der Waals surface area contributed by atoms with Gasteiger partial charge in [0.05, 0.1) is 25.2 Å². The molecule has 3 heterocycles. The highest BCUT2D eigenvalue weighted by molar-refractivity contribution is 5.81. The Morgan fingerprint density at radius 1 is 0.947 bits per heavy atom. The molecule has 0 aliphatic heterocycles. The van der Waals surface area contributed by atoms with E-state index in [9.17, 15) is 0 Å². The van der Waals surface area contributed by atoms with Gasteiger partial charge in [0.1, 0.15) is 5.82 Å². The lowest BCUT2D eigenvalue weighted by molar-refractivity contribution is 0.411. The number of tetrazole rings is 1. The molecule has 5 rings (SSSR count). The van der Waals surface area contributed by atoms with Gasteiger partial charge in [0.2, 0.25) is 5.95 Å². The minimum absolute atomic E-state index is 0.429. The number of aromatic amines is 1. The number of aromatic nitrogens is 7. The van der Waals surface area contributed by atoms with Gasteiger partial charge in [-0.05, 0) is 28.0 Å². The molecule has 0 aliphatic carbocycles. The number of ether oxygens (including phenoxy) is 1. The molecule has 3 aromatic heterocycles. The number of benzene rings is 2. The Kier molecular flexibility index (Phi) is 7.49. The van der Waals surface area contributed by atoms with E-state index in [0.717, 1.165) is 41.4 Å². The molecule has 2 aromatic carbocycles. The molecule has 0 saturated carbocycles. The van der Waals surface area contributed by atoms with Crippen LogP contribution in [-0.4, -0.2) is 49.2 Å². The molecule has 38 heavy (non-hydrogen) atoms. The van der Waals surface area contributed by atoms with E-state index in [2.05, 4.69) is 78.9 Å². The van der Waals surface area contributed by atoms with E-state index in [0.29, 0.717) is 23.4 Å². The van der Waals surface area contributed by atoms with Crippen LogP contribution in [0.5, 0.6) is 5.75 Å². The Hall–Kier alpha value is -4.86. The first-order valence-corrected chi connectivity index (χ1v) is 12.4. The summed E-state index contributed by atoms with van der Waals surface area (Å²) in [6, 6.07) is 22.3. The second-order valence-electron chi connectivity index (χ2n) is 9.23. The predicted molar refractivity (Wildman–Crippen MR) is 147 cm³/mol. The summed E-state index contributed by atoms with van der Waals surface area (Å²) in [5.41, 5.74) is 4.54. The summed E-state index contributed by atoms with van der Waals surface area (Å²) in [6.07, 6.45) is 3.26. The van der Waals surface area contributed by atoms with Crippen LogP contribution in [0.3, 0.4) is 0 Å². The lowest BCUT2D eigenvalue weighted by atomic mass is 10.0. The van der Waals surface area contributed by atoms with Gasteiger partial charge in [-0.2, -0.15) is 0 Å². The van der Waals surface area contributed by atoms with Crippen LogP contribution in [0.2, 0.25) is 0 Å². The standard InChI is InChI=1S/C28H29N9O/c1-19(2)17-37(18-20-9-5-4-6-10-20)26-14-21(31-28-29-15-22(38-3)16-30-28)13-25(32-26)23-11-7-8-12-24(23)27-33-35-36-34-27/h4-16,19H,17-18H2,1-3H3,(H,29,30,31,32)(H,33,34,35,36). The topological polar surface area (TPSA) is 118 Å². The van der Waals surface area contributed by atoms with E-state index in [1.165, 1.54) is 5.56 Å². The molecule has 0 fully saturated rings. The van der Waals surface area contributed by atoms with Crippen molar-refractivity contribution in [1.29, 1.82) is 0 Å². The summed E-state index contributed by atoms with van der Waals surface area (Å²) < 4.78 is 5.20. The fourth-order valence-electron chi connectivity index (χ4n) is 4.17. The molecule has 0 unspecified atom stereocenters. The summed E-state index contributed by atoms with van der Waals surface area (Å²) in [5, 5.41) is 17.9. The van der Waals surface area contributed by atoms with Crippen LogP contribution < -0.4 is 15.0 Å². The highest BCUT2D eigenvalue weighted by atomic mass is 16.5. The molecule has 0 radical (unpaired) electrons. The van der Waals surface area contributed by atoms with Gasteiger partial charge in [-0.15, -0.1) is 5.10 Å². The Morgan fingerprint density at radius 3 is 2.37 bits per heavy atom. The third-order valence-corrected chi connectivity index (χ3v) is 5.86. The van der Waals surface area contributed by atoms with E-state index in [1.54, 1.807) is 19.5 Å². The first-order valence-electron chi connectivity index (χ1n) is 12.4. The predicted octanol–water partition coefficient (Wildman–Crippen LogP) is 5.13. The van der Waals surface area contributed by atoms with Crippen molar-refractivity contribution in [3.63, 3.8) is 0 Å². The minimum Gasteiger partial charge on any atom is -0.494 e. The normalized spacial score (nSPS) is 10.9. The smallest absolute Gasteiger partial charge is 0.227 e. The fourth-order valence-corrected chi connectivity index (χ4v) is 4.17. The molecule has 0 amide bonds. The number of anilines is 3. The zero-order valence-corrected chi connectivity index (χ0v) is 21.5. The fraction of sp³-hybridized carbons (Fsp3) is 0.214. The maximum absolute atomic E-state index is 5.20. The molecule has 0 atom stereocenters. The van der Waals surface area contributed by atoms with E-state index in [4.69, 9.17) is 9.72 Å². The Morgan fingerprint density at radius 2 is 1.68 bits per heavy atom. The van der Waals surface area contributed by atoms with E-state index in [1.807, 2.05) is 42.5 Å². The number of nitrogens with zero attached hydrogens (tertiary/aromatic N) is 7. The minimum atomic E-state index is 0.429. The first-order chi connectivity index (χ1) is 18.6. The molecule has 0 aliphatic rings. The average molecular weight is 508 g/mol. The number of nitrogens with one attached hydrogen (secondary N) is 2. The number of H-pyrrole nitrogens is 1. The SMILES string of the molecule is COc1cnc(Nc2cc(-c3ccccc3-c3nnn[nH]3)nc(N(Cc3ccccc3)CC(C)C)c2)nc1. The van der Waals surface area contributed by atoms with Crippen molar-refractivity contribution in [3.8, 4) is 28.4 Å². The van der Waals surface area contributed by atoms with Gasteiger partial charge in [0.25, 0.3) is 0 Å². The number of hydrogen-bond acceptors (Lipinski definition) is 9. The molecule has 2 N–H and O–H groups in total. The van der Waals surface area contributed by atoms with Gasteiger partial charge in [-0.25, -0.2) is 20.1 Å². The van der Waals surface area contributed by atoms with E-state index < -0.39 is 0 Å². The molecular formula is C28H29N9O. The van der Waals surface area contributed by atoms with Crippen LogP contribution in [0.15, 0.2) is 79.1 Å². The van der Waals surface area contributed by atoms with Crippen LogP contribution in [0.25, 0.3) is 22.6 Å². The van der Waals surface area contributed by atoms with Crippen molar-refractivity contribution in [2.24, 2.45) is 5.92 Å². The van der Waals surface area contributed by atoms with Crippen molar-refractivity contribution in [2.45, 2.75) is 20.4 Å². The van der Waals surface area contributed by atoms with E-state index in [-0.39, 0.29) is 0 Å². The lowest BCUT2D eigenvalue weighted by Gasteiger charge is -2.27. The summed E-state index contributed by atoms with van der Waals surface area (Å²) in [4.78, 5) is 16.2. The number of hydrogen-bond donors (Lipinski definition) is 2. The maximum atomic E-state index is 5.20. The second kappa shape index (κ2) is 11.5. The largest absolute Gasteiger partial charge is 0.494 e. The zero-order chi connectivity index (χ0) is 26.3. The Balaban J connectivity index is 1.60. The number of methoxy groups -OCH3 is 1. The van der Waals surface area contributed by atoms with Crippen LogP contribution in [-0.2, 0) is 6.54 Å². The quantitative estimate of drug-likeness (QED) is 0.265. The van der Waals surface area contributed by atoms with Crippen LogP contribution >= 0.6 is 0 Å². The van der Waals surface area contributed by atoms with Gasteiger partial charge in [0, 0.05) is 36.0 Å². The van der Waals surface area contributed by atoms with Crippen LogP contribution in [0.1, 0.15) is 19.4 Å². The van der Waals surface area contributed by atoms with Crippen molar-refractivity contribution in [3.05, 3.63) is 84.7 Å². The maximum Gasteiger partial charge on any atom is 0.227 e. The second-order valence-corrected chi connectivity index (χ2v) is 9.23. The van der Waals surface area contributed by atoms with Crippen molar-refractivity contribution < 1.29 is 4.74 Å². The van der Waals surface area contributed by atoms with E-state index >= 15 is 0 Å². The Labute approximate surface area is 221 Å². The lowest BCUT2D eigenvalue weighted by Crippen LogP contribution is -2.28. The third kappa shape index (κ3) is 5.92. The van der Waals surface area contributed by atoms with Gasteiger partial charge in [-0.1, -0.05) is 68.4 Å². The molecule has 0 spiro atoms. The summed E-state index contributed by atoms with van der Waals surface area (Å²) in [5.74, 6) is 2.89. The van der Waals surface area contributed by atoms with Crippen LogP contribution in [0.4, 0.5) is 17.5 Å². The van der Waals surface area contributed by atoms with Crippen molar-refractivity contribution in [2.75, 3.05) is 23.9 Å². The van der Waals surface area contributed by atoms with Crippen molar-refractivity contribution in [1.82, 2.24) is 35.6 Å². The van der Waals surface area contributed by atoms with Gasteiger partial charge < -0.3 is 15.0 Å². The highest BCUT2D eigenvalue weighted by Gasteiger charge is 2.17. The van der Waals surface area contributed by atoms with Crippen LogP contribution in [0, 0.1) is 5.92 Å². The molecule has 10 nitrogen and oxygen atoms in total. The summed E-state index contributed by atoms with van der Waals surface area (Å²) in [7, 11) is 1.59. The monoisotopic (exact) mass is 507 g/mol. The highest BCUT2D eigenvalue weighted by Crippen LogP contribution is 2.33. The van der Waals surface area contributed by atoms with Gasteiger partial charge >= 0.3 is 0 Å². The zero-order valence-electron chi connectivity index (χ0n) is 21.5. The number of pyridine rings is 1. The molecular weight excluding hydrogens is 478 g/mol. The molecule has 192 valence electrons. The first kappa shape index (κ1) is 24.8. The van der Waals surface area contributed by atoms with Crippen molar-refractivity contribution >= 4 is 17.5 Å². The van der Waals surface area contributed by atoms with Gasteiger partial charge in [-0.3, -0.25) is 0 Å². The molecule has 10 heteroatoms. The molecule has 0 bridgehead atoms. The van der Waals surface area contributed by atoms with Gasteiger partial charge in [0.15, 0.2) is 11.6 Å². The molecule has 5 aromatic rings. The summed E-state index contributed by atoms with van der Waals surface area (Å²) in [6.45, 7) is 5.97. The number of rotatable bonds is 10. The molecule has 0 saturated heterocycles. The Bertz CT molecular complexity index is 1460. The average Bonchev–Trinajstić information content (AvgIpc) is 3.48. The summed E-state index contributed by atoms with van der Waals surface area (Å²) >= 11 is 0.